The number of hydrogen-bond donors (Lipinski definition) is 1. The summed E-state index contributed by atoms with van der Waals surface area (Å²) in [5, 5.41) is 0. The van der Waals surface area contributed by atoms with E-state index >= 15 is 0 Å². The van der Waals surface area contributed by atoms with Gasteiger partial charge >= 0.3 is 0 Å². The van der Waals surface area contributed by atoms with Crippen molar-refractivity contribution in [3.63, 3.8) is 0 Å². The molecule has 0 amide bonds. The van der Waals surface area contributed by atoms with E-state index in [1.807, 2.05) is 0 Å². The van der Waals surface area contributed by atoms with E-state index in [-0.39, 0.29) is 17.0 Å². The summed E-state index contributed by atoms with van der Waals surface area (Å²) in [6.45, 7) is 3.45. The Morgan fingerprint density at radius 1 is 1.10 bits per heavy atom. The summed E-state index contributed by atoms with van der Waals surface area (Å²) < 4.78 is 0. The van der Waals surface area contributed by atoms with Crippen LogP contribution in [0.15, 0.2) is 0 Å². The van der Waals surface area contributed by atoms with Crippen molar-refractivity contribution in [3.8, 4) is 0 Å². The lowest BCUT2D eigenvalue weighted by atomic mass is 10.6. The highest BCUT2D eigenvalue weighted by molar-refractivity contribution is 4.46. The van der Waals surface area contributed by atoms with Crippen molar-refractivity contribution >= 4 is 0 Å². The summed E-state index contributed by atoms with van der Waals surface area (Å²) in [7, 11) is 6.52. The highest BCUT2D eigenvalue weighted by Crippen LogP contribution is 1.85. The first kappa shape index (κ1) is 10.4. The van der Waals surface area contributed by atoms with Crippen LogP contribution in [-0.2, 0) is 0 Å². The van der Waals surface area contributed by atoms with Crippen molar-refractivity contribution in [3.05, 3.63) is 0 Å². The molecule has 3 nitrogen and oxygen atoms in total. The zero-order chi connectivity index (χ0) is 6.85. The van der Waals surface area contributed by atoms with Gasteiger partial charge in [0.1, 0.15) is 13.3 Å². The summed E-state index contributed by atoms with van der Waals surface area (Å²) in [5.74, 6) is 0. The molecule has 1 saturated heterocycles. The Hall–Kier alpha value is 0.360. The van der Waals surface area contributed by atoms with E-state index in [4.69, 9.17) is 0 Å². The maximum Gasteiger partial charge on any atom is 0.135 e. The van der Waals surface area contributed by atoms with Gasteiger partial charge in [-0.1, -0.05) is 0 Å². The Kier molecular flexibility index (Phi) is 4.44. The van der Waals surface area contributed by atoms with Crippen LogP contribution in [0.4, 0.5) is 0 Å². The highest BCUT2D eigenvalue weighted by Gasteiger charge is 2.16. The van der Waals surface area contributed by atoms with Gasteiger partial charge in [-0.15, -0.1) is 0 Å². The number of quaternary nitrogens is 1. The van der Waals surface area contributed by atoms with Crippen LogP contribution < -0.4 is 21.9 Å². The fraction of sp³-hybridized carbons (Fsp3) is 1.00. The average molecular weight is 210 g/mol. The fourth-order valence-corrected chi connectivity index (χ4v) is 1.48. The van der Waals surface area contributed by atoms with Crippen LogP contribution >= 0.6 is 0 Å². The molecular formula is C6H16BrN3. The first-order chi connectivity index (χ1) is 4.18. The van der Waals surface area contributed by atoms with Crippen molar-refractivity contribution in [1.82, 2.24) is 9.80 Å². The van der Waals surface area contributed by atoms with Gasteiger partial charge in [0.2, 0.25) is 0 Å². The van der Waals surface area contributed by atoms with E-state index in [0.29, 0.717) is 0 Å². The highest BCUT2D eigenvalue weighted by atomic mass is 79.9. The quantitative estimate of drug-likeness (QED) is 0.430. The van der Waals surface area contributed by atoms with E-state index in [2.05, 4.69) is 30.9 Å². The van der Waals surface area contributed by atoms with Gasteiger partial charge < -0.3 is 21.9 Å². The molecule has 1 N–H and O–H groups in total. The lowest BCUT2D eigenvalue weighted by Crippen LogP contribution is -3.13. The number of halogens is 1. The minimum Gasteiger partial charge on any atom is -1.00 e. The van der Waals surface area contributed by atoms with Gasteiger partial charge in [0, 0.05) is 0 Å². The molecule has 1 fully saturated rings. The summed E-state index contributed by atoms with van der Waals surface area (Å²) in [5.41, 5.74) is 0. The van der Waals surface area contributed by atoms with Crippen LogP contribution in [0.25, 0.3) is 0 Å². The van der Waals surface area contributed by atoms with Gasteiger partial charge in [-0.05, 0) is 14.1 Å². The first-order valence-corrected chi connectivity index (χ1v) is 3.37. The third kappa shape index (κ3) is 2.96. The summed E-state index contributed by atoms with van der Waals surface area (Å²) in [4.78, 5) is 6.20. The second-order valence-corrected chi connectivity index (χ2v) is 3.13. The molecule has 0 aliphatic carbocycles. The predicted octanol–water partition coefficient (Wildman–Crippen LogP) is -4.75. The van der Waals surface area contributed by atoms with E-state index in [9.17, 15) is 0 Å². The first-order valence-electron chi connectivity index (χ1n) is 3.37. The van der Waals surface area contributed by atoms with Crippen molar-refractivity contribution in [2.24, 2.45) is 0 Å². The monoisotopic (exact) mass is 209 g/mol. The van der Waals surface area contributed by atoms with Crippen molar-refractivity contribution in [2.75, 3.05) is 41.1 Å². The SMILES string of the molecule is CN1CN(C)C[NH+](C)C1.[Br-]. The standard InChI is InChI=1S/C6H15N3.BrH/c1-7-4-8(2)6-9(3)5-7;/h4-6H2,1-3H3;1H. The third-order valence-electron chi connectivity index (χ3n) is 1.56. The molecule has 62 valence electrons. The van der Waals surface area contributed by atoms with Crippen molar-refractivity contribution in [2.45, 2.75) is 0 Å². The van der Waals surface area contributed by atoms with Gasteiger partial charge in [0.05, 0.1) is 13.7 Å². The Labute approximate surface area is 73.4 Å². The number of rotatable bonds is 0. The molecule has 0 aromatic carbocycles. The van der Waals surface area contributed by atoms with Crippen LogP contribution in [0.2, 0.25) is 0 Å². The molecule has 1 rings (SSSR count). The smallest absolute Gasteiger partial charge is 0.135 e. The molecule has 1 heterocycles. The van der Waals surface area contributed by atoms with Crippen LogP contribution in [0.1, 0.15) is 0 Å². The Morgan fingerprint density at radius 3 is 1.80 bits per heavy atom. The summed E-state index contributed by atoms with van der Waals surface area (Å²) >= 11 is 0. The second kappa shape index (κ2) is 4.28. The average Bonchev–Trinajstić information content (AvgIpc) is 1.59. The van der Waals surface area contributed by atoms with Crippen molar-refractivity contribution in [1.29, 1.82) is 0 Å². The van der Waals surface area contributed by atoms with E-state index in [1.54, 1.807) is 4.90 Å². The molecule has 0 saturated carbocycles. The Bertz CT molecular complexity index is 74.0. The lowest BCUT2D eigenvalue weighted by molar-refractivity contribution is -0.909. The van der Waals surface area contributed by atoms with Crippen LogP contribution in [0.3, 0.4) is 0 Å². The molecule has 0 unspecified atom stereocenters. The zero-order valence-electron chi connectivity index (χ0n) is 6.89. The van der Waals surface area contributed by atoms with Gasteiger partial charge in [0.15, 0.2) is 0 Å². The van der Waals surface area contributed by atoms with E-state index in [0.717, 1.165) is 6.67 Å². The third-order valence-corrected chi connectivity index (χ3v) is 1.56. The second-order valence-electron chi connectivity index (χ2n) is 3.13. The van der Waals surface area contributed by atoms with Gasteiger partial charge in [-0.3, -0.25) is 0 Å². The van der Waals surface area contributed by atoms with E-state index < -0.39 is 0 Å². The molecule has 0 spiro atoms. The van der Waals surface area contributed by atoms with Gasteiger partial charge in [-0.2, -0.15) is 0 Å². The van der Waals surface area contributed by atoms with E-state index in [1.165, 1.54) is 13.3 Å². The maximum absolute atomic E-state index is 2.32. The molecule has 0 aromatic rings. The van der Waals surface area contributed by atoms with Crippen LogP contribution in [0.5, 0.6) is 0 Å². The normalized spacial score (nSPS) is 24.3. The maximum atomic E-state index is 2.32. The Balaban J connectivity index is 0.000000810. The summed E-state index contributed by atoms with van der Waals surface area (Å²) in [6, 6.07) is 0. The molecule has 4 heteroatoms. The molecular weight excluding hydrogens is 194 g/mol. The largest absolute Gasteiger partial charge is 1.00 e. The molecule has 0 aromatic heterocycles. The molecule has 0 radical (unpaired) electrons. The molecule has 10 heavy (non-hydrogen) atoms. The lowest BCUT2D eigenvalue weighted by Gasteiger charge is -2.33. The van der Waals surface area contributed by atoms with Gasteiger partial charge in [0.25, 0.3) is 0 Å². The topological polar surface area (TPSA) is 10.9 Å². The molecule has 0 atom stereocenters. The Morgan fingerprint density at radius 2 is 1.50 bits per heavy atom. The van der Waals surface area contributed by atoms with Crippen LogP contribution in [-0.4, -0.2) is 50.9 Å². The summed E-state index contributed by atoms with van der Waals surface area (Å²) in [6.07, 6.45) is 0. The number of nitrogens with zero attached hydrogens (tertiary/aromatic N) is 2. The fourth-order valence-electron chi connectivity index (χ4n) is 1.48. The van der Waals surface area contributed by atoms with Crippen LogP contribution in [0, 0.1) is 0 Å². The molecule has 1 aliphatic heterocycles. The number of nitrogens with one attached hydrogen (secondary N) is 1. The van der Waals surface area contributed by atoms with Gasteiger partial charge in [-0.25, -0.2) is 9.80 Å². The minimum absolute atomic E-state index is 0. The molecule has 1 aliphatic rings. The predicted molar refractivity (Wildman–Crippen MR) is 37.0 cm³/mol. The van der Waals surface area contributed by atoms with Crippen molar-refractivity contribution < 1.29 is 21.9 Å². The minimum atomic E-state index is 0. The molecule has 0 bridgehead atoms. The zero-order valence-corrected chi connectivity index (χ0v) is 8.48. The number of hydrogen-bond acceptors (Lipinski definition) is 2.